The first kappa shape index (κ1) is 21.9. The minimum Gasteiger partial charge on any atom is -0.330 e. The number of amides is 2. The van der Waals surface area contributed by atoms with E-state index < -0.39 is 5.92 Å². The van der Waals surface area contributed by atoms with Gasteiger partial charge < -0.3 is 14.4 Å². The number of rotatable bonds is 4. The lowest BCUT2D eigenvalue weighted by Gasteiger charge is -2.23. The average molecular weight is 454 g/mol. The number of hydrogen-bond donors (Lipinski definition) is 0. The van der Waals surface area contributed by atoms with Gasteiger partial charge in [-0.1, -0.05) is 32.0 Å². The van der Waals surface area contributed by atoms with Crippen LogP contribution in [0.1, 0.15) is 42.7 Å². The number of fused-ring (bicyclic) bond motifs is 1. The lowest BCUT2D eigenvalue weighted by Crippen LogP contribution is -2.39. The van der Waals surface area contributed by atoms with Crippen LogP contribution in [0.5, 0.6) is 0 Å². The first-order valence-corrected chi connectivity index (χ1v) is 11.5. The normalized spacial score (nSPS) is 18.8. The largest absolute Gasteiger partial charge is 0.330 e. The molecule has 172 valence electrons. The summed E-state index contributed by atoms with van der Waals surface area (Å²) in [5.74, 6) is -0.510. The minimum atomic E-state index is -0.409. The summed E-state index contributed by atoms with van der Waals surface area (Å²) in [6, 6.07) is 15.4. The molecule has 7 heteroatoms. The van der Waals surface area contributed by atoms with E-state index in [2.05, 4.69) is 41.6 Å². The quantitative estimate of drug-likeness (QED) is 0.602. The predicted molar refractivity (Wildman–Crippen MR) is 130 cm³/mol. The van der Waals surface area contributed by atoms with E-state index in [9.17, 15) is 14.9 Å². The van der Waals surface area contributed by atoms with Gasteiger partial charge in [-0.2, -0.15) is 5.26 Å². The second-order valence-electron chi connectivity index (χ2n) is 9.89. The Kier molecular flexibility index (Phi) is 5.24. The Labute approximate surface area is 199 Å². The van der Waals surface area contributed by atoms with Crippen LogP contribution in [0.4, 0.5) is 11.4 Å². The molecule has 0 unspecified atom stereocenters. The van der Waals surface area contributed by atoms with Crippen molar-refractivity contribution < 1.29 is 9.59 Å². The number of aromatic nitrogens is 2. The van der Waals surface area contributed by atoms with E-state index in [0.717, 1.165) is 23.5 Å². The zero-order valence-electron chi connectivity index (χ0n) is 19.7. The van der Waals surface area contributed by atoms with Crippen molar-refractivity contribution in [2.45, 2.75) is 39.2 Å². The van der Waals surface area contributed by atoms with Crippen LogP contribution >= 0.6 is 0 Å². The number of anilines is 2. The Morgan fingerprint density at radius 3 is 2.79 bits per heavy atom. The molecular formula is C27H27N5O2. The highest BCUT2D eigenvalue weighted by molar-refractivity contribution is 6.05. The van der Waals surface area contributed by atoms with Gasteiger partial charge in [0.2, 0.25) is 11.8 Å². The maximum Gasteiger partial charge on any atom is 0.232 e. The van der Waals surface area contributed by atoms with Crippen LogP contribution in [0, 0.1) is 24.2 Å². The molecule has 0 aliphatic carbocycles. The highest BCUT2D eigenvalue weighted by Gasteiger charge is 2.43. The van der Waals surface area contributed by atoms with Gasteiger partial charge in [0.25, 0.3) is 0 Å². The van der Waals surface area contributed by atoms with Crippen molar-refractivity contribution in [3.8, 4) is 6.07 Å². The molecule has 2 aliphatic heterocycles. The second-order valence-corrected chi connectivity index (χ2v) is 9.89. The molecule has 0 spiro atoms. The van der Waals surface area contributed by atoms with Gasteiger partial charge >= 0.3 is 0 Å². The molecule has 1 fully saturated rings. The number of imidazole rings is 1. The third-order valence-corrected chi connectivity index (χ3v) is 6.93. The molecule has 0 radical (unpaired) electrons. The lowest BCUT2D eigenvalue weighted by atomic mass is 9.86. The maximum absolute atomic E-state index is 13.6. The summed E-state index contributed by atoms with van der Waals surface area (Å²) in [7, 11) is 0. The SMILES string of the molecule is Cc1cncn1Cc1ccc2c(c1)C(C)(C)CN2C(=O)[C@H]1CC(=O)N(c2cccc(C#N)c2)C1. The molecule has 1 aromatic heterocycles. The first-order chi connectivity index (χ1) is 16.3. The molecule has 2 aromatic carbocycles. The first-order valence-electron chi connectivity index (χ1n) is 11.5. The van der Waals surface area contributed by atoms with Crippen LogP contribution in [0.15, 0.2) is 55.0 Å². The molecule has 0 N–H and O–H groups in total. The number of nitrogens with zero attached hydrogens (tertiary/aromatic N) is 5. The van der Waals surface area contributed by atoms with Gasteiger partial charge in [0.1, 0.15) is 0 Å². The van der Waals surface area contributed by atoms with Crippen molar-refractivity contribution in [3.05, 3.63) is 77.4 Å². The van der Waals surface area contributed by atoms with E-state index in [1.54, 1.807) is 23.1 Å². The number of aryl methyl sites for hydroxylation is 1. The Hall–Kier alpha value is -3.92. The maximum atomic E-state index is 13.6. The van der Waals surface area contributed by atoms with Crippen LogP contribution < -0.4 is 9.80 Å². The van der Waals surface area contributed by atoms with Crippen LogP contribution in [-0.4, -0.2) is 34.5 Å². The van der Waals surface area contributed by atoms with E-state index in [4.69, 9.17) is 0 Å². The van der Waals surface area contributed by atoms with E-state index in [-0.39, 0.29) is 23.7 Å². The van der Waals surface area contributed by atoms with Crippen molar-refractivity contribution in [3.63, 3.8) is 0 Å². The highest BCUT2D eigenvalue weighted by atomic mass is 16.2. The lowest BCUT2D eigenvalue weighted by molar-refractivity contribution is -0.124. The molecule has 34 heavy (non-hydrogen) atoms. The van der Waals surface area contributed by atoms with E-state index in [0.29, 0.717) is 24.3 Å². The average Bonchev–Trinajstić information content (AvgIpc) is 3.49. The molecule has 3 aromatic rings. The highest BCUT2D eigenvalue weighted by Crippen LogP contribution is 2.42. The third kappa shape index (κ3) is 3.75. The summed E-state index contributed by atoms with van der Waals surface area (Å²) in [6.07, 6.45) is 3.86. The standard InChI is InChI=1S/C27H27N5O2/c1-18-13-29-17-30(18)14-20-7-8-24-23(10-20)27(2,3)16-32(24)26(34)21-11-25(33)31(15-21)22-6-4-5-19(9-22)12-28/h4-10,13,17,21H,11,14-16H2,1-3H3/t21-/m0/s1. The number of hydrogen-bond acceptors (Lipinski definition) is 4. The van der Waals surface area contributed by atoms with Crippen molar-refractivity contribution in [2.75, 3.05) is 22.9 Å². The Morgan fingerprint density at radius 2 is 2.06 bits per heavy atom. The van der Waals surface area contributed by atoms with E-state index >= 15 is 0 Å². The number of benzene rings is 2. The fourth-order valence-electron chi connectivity index (χ4n) is 5.06. The Morgan fingerprint density at radius 1 is 1.24 bits per heavy atom. The summed E-state index contributed by atoms with van der Waals surface area (Å²) in [6.45, 7) is 8.00. The topological polar surface area (TPSA) is 82.2 Å². The van der Waals surface area contributed by atoms with Crippen molar-refractivity contribution in [2.24, 2.45) is 5.92 Å². The van der Waals surface area contributed by atoms with Gasteiger partial charge in [0.15, 0.2) is 0 Å². The van der Waals surface area contributed by atoms with E-state index in [1.165, 1.54) is 5.56 Å². The molecule has 7 nitrogen and oxygen atoms in total. The summed E-state index contributed by atoms with van der Waals surface area (Å²) in [4.78, 5) is 34.1. The number of nitriles is 1. The smallest absolute Gasteiger partial charge is 0.232 e. The minimum absolute atomic E-state index is 0.0164. The van der Waals surface area contributed by atoms with Gasteiger partial charge in [-0.3, -0.25) is 9.59 Å². The monoisotopic (exact) mass is 453 g/mol. The summed E-state index contributed by atoms with van der Waals surface area (Å²) in [5.41, 5.74) is 5.33. The molecule has 0 bridgehead atoms. The summed E-state index contributed by atoms with van der Waals surface area (Å²) >= 11 is 0. The van der Waals surface area contributed by atoms with Crippen molar-refractivity contribution in [1.82, 2.24) is 9.55 Å². The van der Waals surface area contributed by atoms with Crippen molar-refractivity contribution in [1.29, 1.82) is 5.26 Å². The zero-order valence-corrected chi connectivity index (χ0v) is 19.7. The van der Waals surface area contributed by atoms with Gasteiger partial charge in [-0.05, 0) is 42.3 Å². The number of carbonyl (C=O) groups is 2. The Balaban J connectivity index is 1.38. The second kappa shape index (κ2) is 8.14. The summed E-state index contributed by atoms with van der Waals surface area (Å²) < 4.78 is 2.10. The van der Waals surface area contributed by atoms with Crippen LogP contribution in [0.2, 0.25) is 0 Å². The molecule has 1 atom stereocenters. The van der Waals surface area contributed by atoms with E-state index in [1.807, 2.05) is 36.5 Å². The van der Waals surface area contributed by atoms with Gasteiger partial charge in [-0.15, -0.1) is 0 Å². The van der Waals surface area contributed by atoms with Gasteiger partial charge in [0.05, 0.1) is 23.9 Å². The molecule has 1 saturated heterocycles. The number of carbonyl (C=O) groups excluding carboxylic acids is 2. The van der Waals surface area contributed by atoms with Gasteiger partial charge in [0, 0.05) is 54.7 Å². The zero-order chi connectivity index (χ0) is 24.0. The van der Waals surface area contributed by atoms with Crippen LogP contribution in [-0.2, 0) is 21.5 Å². The predicted octanol–water partition coefficient (Wildman–Crippen LogP) is 3.79. The molecular weight excluding hydrogens is 426 g/mol. The molecule has 5 rings (SSSR count). The Bertz CT molecular complexity index is 1330. The fourth-order valence-corrected chi connectivity index (χ4v) is 5.06. The van der Waals surface area contributed by atoms with Crippen molar-refractivity contribution >= 4 is 23.2 Å². The van der Waals surface area contributed by atoms with Gasteiger partial charge in [-0.25, -0.2) is 4.98 Å². The molecule has 2 amide bonds. The molecule has 3 heterocycles. The fraction of sp³-hybridized carbons (Fsp3) is 0.333. The molecule has 0 saturated carbocycles. The molecule has 2 aliphatic rings. The third-order valence-electron chi connectivity index (χ3n) is 6.93. The van der Waals surface area contributed by atoms with Crippen LogP contribution in [0.3, 0.4) is 0 Å². The summed E-state index contributed by atoms with van der Waals surface area (Å²) in [5, 5.41) is 9.18. The van der Waals surface area contributed by atoms with Crippen LogP contribution in [0.25, 0.3) is 0 Å².